The van der Waals surface area contributed by atoms with Crippen molar-refractivity contribution in [3.8, 4) is 28.5 Å². The molecule has 1 aliphatic rings. The highest BCUT2D eigenvalue weighted by Gasteiger charge is 2.42. The zero-order valence-electron chi connectivity index (χ0n) is 19.7. The molecule has 174 valence electrons. The first kappa shape index (κ1) is 22.7. The van der Waals surface area contributed by atoms with E-state index in [-0.39, 0.29) is 11.9 Å². The number of hydrogen-bond acceptors (Lipinski definition) is 5. The summed E-state index contributed by atoms with van der Waals surface area (Å²) in [5.41, 5.74) is 4.12. The van der Waals surface area contributed by atoms with Gasteiger partial charge in [0.1, 0.15) is 11.4 Å². The fourth-order valence-electron chi connectivity index (χ4n) is 4.40. The van der Waals surface area contributed by atoms with Crippen molar-refractivity contribution < 1.29 is 19.0 Å². The second-order valence-corrected chi connectivity index (χ2v) is 8.04. The Balaban J connectivity index is 1.81. The Kier molecular flexibility index (Phi) is 6.87. The lowest BCUT2D eigenvalue weighted by Gasteiger charge is -2.27. The van der Waals surface area contributed by atoms with E-state index in [1.165, 1.54) is 0 Å². The highest BCUT2D eigenvalue weighted by molar-refractivity contribution is 6.00. The van der Waals surface area contributed by atoms with E-state index in [2.05, 4.69) is 17.1 Å². The molecule has 1 atom stereocenters. The first-order chi connectivity index (χ1) is 16.1. The molecule has 7 heteroatoms. The van der Waals surface area contributed by atoms with Gasteiger partial charge in [0.15, 0.2) is 11.5 Å². The average molecular weight is 450 g/mol. The lowest BCUT2D eigenvalue weighted by Crippen LogP contribution is -2.30. The summed E-state index contributed by atoms with van der Waals surface area (Å²) in [5.74, 6) is 2.09. The van der Waals surface area contributed by atoms with E-state index in [0.29, 0.717) is 30.3 Å². The second-order valence-electron chi connectivity index (χ2n) is 8.04. The van der Waals surface area contributed by atoms with Crippen molar-refractivity contribution in [2.75, 3.05) is 27.4 Å². The number of unbranched alkanes of at least 4 members (excludes halogenated alkanes) is 2. The van der Waals surface area contributed by atoms with Gasteiger partial charge in [-0.25, -0.2) is 0 Å². The number of rotatable bonds is 10. The van der Waals surface area contributed by atoms with Gasteiger partial charge in [0, 0.05) is 17.7 Å². The smallest absolute Gasteiger partial charge is 0.273 e. The Labute approximate surface area is 194 Å². The summed E-state index contributed by atoms with van der Waals surface area (Å²) in [6.07, 6.45) is 3.11. The Morgan fingerprint density at radius 1 is 1.00 bits per heavy atom. The van der Waals surface area contributed by atoms with E-state index in [4.69, 9.17) is 14.2 Å². The van der Waals surface area contributed by atoms with Crippen molar-refractivity contribution in [2.24, 2.45) is 0 Å². The predicted octanol–water partition coefficient (Wildman–Crippen LogP) is 5.23. The lowest BCUT2D eigenvalue weighted by molar-refractivity contribution is 0.0740. The predicted molar refractivity (Wildman–Crippen MR) is 127 cm³/mol. The molecular formula is C26H31N3O4. The van der Waals surface area contributed by atoms with Crippen LogP contribution < -0.4 is 14.2 Å². The van der Waals surface area contributed by atoms with Gasteiger partial charge in [-0.1, -0.05) is 25.8 Å². The van der Waals surface area contributed by atoms with Gasteiger partial charge in [-0.2, -0.15) is 5.10 Å². The molecule has 4 rings (SSSR count). The summed E-state index contributed by atoms with van der Waals surface area (Å²) in [6.45, 7) is 5.33. The summed E-state index contributed by atoms with van der Waals surface area (Å²) < 4.78 is 16.6. The van der Waals surface area contributed by atoms with Crippen molar-refractivity contribution in [3.05, 3.63) is 59.3 Å². The number of H-pyrrole nitrogens is 1. The van der Waals surface area contributed by atoms with Crippen molar-refractivity contribution in [2.45, 2.75) is 39.2 Å². The lowest BCUT2D eigenvalue weighted by atomic mass is 9.95. The third kappa shape index (κ3) is 4.27. The standard InChI is InChI=1S/C26H31N3O4/c1-5-7-8-15-29-25(18-11-14-20(33-6-2)21(16-18)32-4)22-23(27-28-24(22)26(29)30)17-9-12-19(31-3)13-10-17/h9-14,16,25H,5-8,15H2,1-4H3,(H,27,28). The van der Waals surface area contributed by atoms with E-state index in [9.17, 15) is 4.79 Å². The molecular weight excluding hydrogens is 418 g/mol. The van der Waals surface area contributed by atoms with Gasteiger partial charge in [-0.3, -0.25) is 9.89 Å². The van der Waals surface area contributed by atoms with E-state index in [0.717, 1.165) is 47.4 Å². The van der Waals surface area contributed by atoms with Crippen LogP contribution in [-0.4, -0.2) is 48.4 Å². The van der Waals surface area contributed by atoms with Crippen LogP contribution in [0.5, 0.6) is 17.2 Å². The van der Waals surface area contributed by atoms with Crippen LogP contribution in [0.1, 0.15) is 60.8 Å². The van der Waals surface area contributed by atoms with Crippen LogP contribution in [0.4, 0.5) is 0 Å². The minimum absolute atomic E-state index is 0.0220. The summed E-state index contributed by atoms with van der Waals surface area (Å²) >= 11 is 0. The number of benzene rings is 2. The van der Waals surface area contributed by atoms with Gasteiger partial charge in [0.2, 0.25) is 0 Å². The number of carbonyl (C=O) groups is 1. The number of nitrogens with zero attached hydrogens (tertiary/aromatic N) is 2. The molecule has 0 aliphatic carbocycles. The quantitative estimate of drug-likeness (QED) is 0.429. The Morgan fingerprint density at radius 3 is 2.45 bits per heavy atom. The maximum atomic E-state index is 13.4. The monoisotopic (exact) mass is 449 g/mol. The van der Waals surface area contributed by atoms with E-state index < -0.39 is 0 Å². The van der Waals surface area contributed by atoms with Crippen molar-refractivity contribution in [1.29, 1.82) is 0 Å². The molecule has 1 aromatic heterocycles. The van der Waals surface area contributed by atoms with Gasteiger partial charge >= 0.3 is 0 Å². The maximum Gasteiger partial charge on any atom is 0.273 e. The fraction of sp³-hybridized carbons (Fsp3) is 0.385. The zero-order valence-corrected chi connectivity index (χ0v) is 19.7. The van der Waals surface area contributed by atoms with Gasteiger partial charge in [0.05, 0.1) is 32.6 Å². The fourth-order valence-corrected chi connectivity index (χ4v) is 4.40. The van der Waals surface area contributed by atoms with Crippen LogP contribution in [0.3, 0.4) is 0 Å². The van der Waals surface area contributed by atoms with Crippen LogP contribution in [0.25, 0.3) is 11.3 Å². The van der Waals surface area contributed by atoms with Crippen molar-refractivity contribution >= 4 is 5.91 Å². The molecule has 1 N–H and O–H groups in total. The Bertz CT molecular complexity index is 1110. The topological polar surface area (TPSA) is 76.7 Å². The molecule has 0 bridgehead atoms. The minimum atomic E-state index is -0.259. The maximum absolute atomic E-state index is 13.4. The molecule has 33 heavy (non-hydrogen) atoms. The summed E-state index contributed by atoms with van der Waals surface area (Å²) in [6, 6.07) is 13.4. The minimum Gasteiger partial charge on any atom is -0.497 e. The summed E-state index contributed by atoms with van der Waals surface area (Å²) in [5, 5.41) is 7.56. The molecule has 0 saturated carbocycles. The largest absolute Gasteiger partial charge is 0.497 e. The summed E-state index contributed by atoms with van der Waals surface area (Å²) in [4.78, 5) is 15.4. The van der Waals surface area contributed by atoms with Crippen LogP contribution in [0.2, 0.25) is 0 Å². The number of nitrogens with one attached hydrogen (secondary N) is 1. The zero-order chi connectivity index (χ0) is 23.4. The number of hydrogen-bond donors (Lipinski definition) is 1. The first-order valence-corrected chi connectivity index (χ1v) is 11.5. The molecule has 0 radical (unpaired) electrons. The van der Waals surface area contributed by atoms with E-state index in [1.54, 1.807) is 14.2 Å². The highest BCUT2D eigenvalue weighted by Crippen LogP contribution is 2.44. The molecule has 0 fully saturated rings. The SMILES string of the molecule is CCCCCN1C(=O)c2[nH]nc(-c3ccc(OC)cc3)c2C1c1ccc(OCC)c(OC)c1. The number of amides is 1. The van der Waals surface area contributed by atoms with Gasteiger partial charge in [0.25, 0.3) is 5.91 Å². The van der Waals surface area contributed by atoms with E-state index >= 15 is 0 Å². The molecule has 7 nitrogen and oxygen atoms in total. The highest BCUT2D eigenvalue weighted by atomic mass is 16.5. The van der Waals surface area contributed by atoms with Crippen LogP contribution in [-0.2, 0) is 0 Å². The van der Waals surface area contributed by atoms with Crippen molar-refractivity contribution in [1.82, 2.24) is 15.1 Å². The average Bonchev–Trinajstić information content (AvgIpc) is 3.39. The molecule has 2 heterocycles. The number of aromatic amines is 1. The normalized spacial score (nSPS) is 15.0. The second kappa shape index (κ2) is 9.98. The molecule has 3 aromatic rings. The Hall–Kier alpha value is -3.48. The third-order valence-corrected chi connectivity index (χ3v) is 6.03. The molecule has 0 spiro atoms. The van der Waals surface area contributed by atoms with Crippen LogP contribution in [0.15, 0.2) is 42.5 Å². The van der Waals surface area contributed by atoms with Gasteiger partial charge < -0.3 is 19.1 Å². The van der Waals surface area contributed by atoms with Gasteiger partial charge in [-0.15, -0.1) is 0 Å². The number of methoxy groups -OCH3 is 2. The van der Waals surface area contributed by atoms with Crippen molar-refractivity contribution in [3.63, 3.8) is 0 Å². The third-order valence-electron chi connectivity index (χ3n) is 6.03. The molecule has 1 unspecified atom stereocenters. The number of ether oxygens (including phenoxy) is 3. The van der Waals surface area contributed by atoms with E-state index in [1.807, 2.05) is 54.3 Å². The molecule has 1 amide bonds. The van der Waals surface area contributed by atoms with Crippen LogP contribution >= 0.6 is 0 Å². The Morgan fingerprint density at radius 2 is 1.79 bits per heavy atom. The van der Waals surface area contributed by atoms with Crippen LogP contribution in [0, 0.1) is 0 Å². The number of aromatic nitrogens is 2. The number of fused-ring (bicyclic) bond motifs is 1. The summed E-state index contributed by atoms with van der Waals surface area (Å²) in [7, 11) is 3.27. The molecule has 0 saturated heterocycles. The number of carbonyl (C=O) groups excluding carboxylic acids is 1. The molecule has 2 aromatic carbocycles. The van der Waals surface area contributed by atoms with Gasteiger partial charge in [-0.05, 0) is 55.3 Å². The first-order valence-electron chi connectivity index (χ1n) is 11.5. The molecule has 1 aliphatic heterocycles.